The fourth-order valence-electron chi connectivity index (χ4n) is 3.87. The molecule has 4 atom stereocenters. The summed E-state index contributed by atoms with van der Waals surface area (Å²) in [4.78, 5) is 14.3. The van der Waals surface area contributed by atoms with E-state index in [9.17, 15) is 4.79 Å². The van der Waals surface area contributed by atoms with E-state index in [1.165, 1.54) is 32.1 Å². The quantitative estimate of drug-likeness (QED) is 0.783. The lowest BCUT2D eigenvalue weighted by Crippen LogP contribution is -2.42. The summed E-state index contributed by atoms with van der Waals surface area (Å²) in [6.07, 6.45) is 9.26. The normalized spacial score (nSPS) is 31.9. The summed E-state index contributed by atoms with van der Waals surface area (Å²) in [5, 5.41) is 8.74. The predicted octanol–water partition coefficient (Wildman–Crippen LogP) is 3.35. The van der Waals surface area contributed by atoms with Gasteiger partial charge in [0.1, 0.15) is 0 Å². The van der Waals surface area contributed by atoms with Crippen LogP contribution in [0.3, 0.4) is 0 Å². The van der Waals surface area contributed by atoms with Gasteiger partial charge in [0.2, 0.25) is 5.91 Å². The number of carbonyl (C=O) groups excluding carboxylic acids is 1. The number of hydrogen-bond donors (Lipinski definition) is 0. The monoisotopic (exact) mass is 262 g/mol. The van der Waals surface area contributed by atoms with Crippen molar-refractivity contribution in [2.45, 2.75) is 64.3 Å². The Morgan fingerprint density at radius 3 is 2.63 bits per heavy atom. The number of nitrogens with zero attached hydrogens (tertiary/aromatic N) is 2. The second-order valence-electron chi connectivity index (χ2n) is 6.47. The minimum absolute atomic E-state index is 0.0431. The Morgan fingerprint density at radius 2 is 1.95 bits per heavy atom. The molecule has 19 heavy (non-hydrogen) atoms. The molecule has 0 saturated heterocycles. The maximum atomic E-state index is 12.5. The van der Waals surface area contributed by atoms with Crippen molar-refractivity contribution in [1.29, 1.82) is 5.26 Å². The standard InChI is InChI=1S/C16H26N2O/c1-12(9-10-17)18(2)16(19)15-8-7-13-5-3-4-6-14(13)11-15/h12-15H,3-9,11H2,1-2H3. The van der Waals surface area contributed by atoms with Crippen molar-refractivity contribution in [1.82, 2.24) is 4.90 Å². The van der Waals surface area contributed by atoms with Crippen LogP contribution in [0.2, 0.25) is 0 Å². The molecule has 0 aromatic carbocycles. The summed E-state index contributed by atoms with van der Waals surface area (Å²) in [7, 11) is 1.86. The molecular formula is C16H26N2O. The van der Waals surface area contributed by atoms with Gasteiger partial charge < -0.3 is 4.90 Å². The lowest BCUT2D eigenvalue weighted by Gasteiger charge is -2.40. The number of hydrogen-bond acceptors (Lipinski definition) is 2. The highest BCUT2D eigenvalue weighted by molar-refractivity contribution is 5.79. The maximum absolute atomic E-state index is 12.5. The average Bonchev–Trinajstić information content (AvgIpc) is 2.45. The molecule has 0 aromatic rings. The number of amides is 1. The first-order chi connectivity index (χ1) is 9.13. The Bertz CT molecular complexity index is 360. The van der Waals surface area contributed by atoms with Crippen LogP contribution in [-0.4, -0.2) is 23.9 Å². The Kier molecular flexibility index (Phi) is 4.85. The van der Waals surface area contributed by atoms with E-state index in [0.29, 0.717) is 6.42 Å². The third kappa shape index (κ3) is 3.29. The van der Waals surface area contributed by atoms with Crippen LogP contribution in [0.15, 0.2) is 0 Å². The SMILES string of the molecule is CC(CC#N)N(C)C(=O)C1CCC2CCCCC2C1. The van der Waals surface area contributed by atoms with Gasteiger partial charge in [-0.2, -0.15) is 5.26 Å². The van der Waals surface area contributed by atoms with Gasteiger partial charge in [-0.1, -0.05) is 25.7 Å². The molecule has 0 radical (unpaired) electrons. The lowest BCUT2D eigenvalue weighted by molar-refractivity contribution is -0.138. The van der Waals surface area contributed by atoms with Gasteiger partial charge >= 0.3 is 0 Å². The van der Waals surface area contributed by atoms with Crippen molar-refractivity contribution < 1.29 is 4.79 Å². The summed E-state index contributed by atoms with van der Waals surface area (Å²) in [5.41, 5.74) is 0. The van der Waals surface area contributed by atoms with Crippen molar-refractivity contribution >= 4 is 5.91 Å². The zero-order chi connectivity index (χ0) is 13.8. The third-order valence-corrected chi connectivity index (χ3v) is 5.28. The van der Waals surface area contributed by atoms with Crippen LogP contribution in [0, 0.1) is 29.1 Å². The molecule has 0 heterocycles. The zero-order valence-corrected chi connectivity index (χ0v) is 12.3. The molecule has 2 saturated carbocycles. The van der Waals surface area contributed by atoms with Crippen LogP contribution in [-0.2, 0) is 4.79 Å². The highest BCUT2D eigenvalue weighted by Gasteiger charge is 2.36. The maximum Gasteiger partial charge on any atom is 0.225 e. The second-order valence-corrected chi connectivity index (χ2v) is 6.47. The fourth-order valence-corrected chi connectivity index (χ4v) is 3.87. The highest BCUT2D eigenvalue weighted by atomic mass is 16.2. The Hall–Kier alpha value is -1.04. The van der Waals surface area contributed by atoms with Gasteiger partial charge in [0, 0.05) is 19.0 Å². The van der Waals surface area contributed by atoms with E-state index in [-0.39, 0.29) is 17.9 Å². The molecular weight excluding hydrogens is 236 g/mol. The van der Waals surface area contributed by atoms with E-state index in [4.69, 9.17) is 5.26 Å². The fraction of sp³-hybridized carbons (Fsp3) is 0.875. The van der Waals surface area contributed by atoms with E-state index in [2.05, 4.69) is 6.07 Å². The first-order valence-electron chi connectivity index (χ1n) is 7.77. The molecule has 2 aliphatic carbocycles. The molecule has 0 aliphatic heterocycles. The zero-order valence-electron chi connectivity index (χ0n) is 12.3. The summed E-state index contributed by atoms with van der Waals surface area (Å²) in [6.45, 7) is 1.97. The van der Waals surface area contributed by atoms with E-state index >= 15 is 0 Å². The van der Waals surface area contributed by atoms with E-state index in [1.54, 1.807) is 4.90 Å². The van der Waals surface area contributed by atoms with Crippen LogP contribution in [0.4, 0.5) is 0 Å². The molecule has 2 rings (SSSR count). The van der Waals surface area contributed by atoms with E-state index < -0.39 is 0 Å². The first kappa shape index (κ1) is 14.4. The molecule has 106 valence electrons. The summed E-state index contributed by atoms with van der Waals surface area (Å²) >= 11 is 0. The molecule has 0 spiro atoms. The number of rotatable bonds is 3. The molecule has 2 aliphatic rings. The molecule has 1 amide bonds. The van der Waals surface area contributed by atoms with E-state index in [1.807, 2.05) is 14.0 Å². The van der Waals surface area contributed by atoms with Crippen LogP contribution < -0.4 is 0 Å². The van der Waals surface area contributed by atoms with Gasteiger partial charge in [-0.05, 0) is 38.0 Å². The summed E-state index contributed by atoms with van der Waals surface area (Å²) in [5.74, 6) is 2.16. The van der Waals surface area contributed by atoms with Gasteiger partial charge in [-0.15, -0.1) is 0 Å². The topological polar surface area (TPSA) is 44.1 Å². The molecule has 0 aromatic heterocycles. The van der Waals surface area contributed by atoms with Crippen molar-refractivity contribution in [3.05, 3.63) is 0 Å². The van der Waals surface area contributed by atoms with Gasteiger partial charge in [-0.3, -0.25) is 4.79 Å². The molecule has 0 N–H and O–H groups in total. The number of carbonyl (C=O) groups is 1. The molecule has 4 unspecified atom stereocenters. The average molecular weight is 262 g/mol. The second kappa shape index (κ2) is 6.41. The van der Waals surface area contributed by atoms with Crippen LogP contribution >= 0.6 is 0 Å². The Morgan fingerprint density at radius 1 is 1.26 bits per heavy atom. The molecule has 0 bridgehead atoms. The lowest BCUT2D eigenvalue weighted by atomic mass is 9.67. The minimum Gasteiger partial charge on any atom is -0.342 e. The summed E-state index contributed by atoms with van der Waals surface area (Å²) in [6, 6.07) is 2.20. The highest BCUT2D eigenvalue weighted by Crippen LogP contribution is 2.43. The van der Waals surface area contributed by atoms with Crippen molar-refractivity contribution in [3.8, 4) is 6.07 Å². The Labute approximate surface area is 117 Å². The van der Waals surface area contributed by atoms with Gasteiger partial charge in [0.15, 0.2) is 0 Å². The van der Waals surface area contributed by atoms with Crippen molar-refractivity contribution in [3.63, 3.8) is 0 Å². The van der Waals surface area contributed by atoms with Crippen LogP contribution in [0.25, 0.3) is 0 Å². The minimum atomic E-state index is 0.0431. The molecule has 3 nitrogen and oxygen atoms in total. The van der Waals surface area contributed by atoms with Gasteiger partial charge in [-0.25, -0.2) is 0 Å². The first-order valence-corrected chi connectivity index (χ1v) is 7.77. The molecule has 2 fully saturated rings. The number of nitriles is 1. The van der Waals surface area contributed by atoms with Crippen LogP contribution in [0.5, 0.6) is 0 Å². The largest absolute Gasteiger partial charge is 0.342 e. The Balaban J connectivity index is 1.91. The van der Waals surface area contributed by atoms with Crippen LogP contribution in [0.1, 0.15) is 58.3 Å². The molecule has 3 heteroatoms. The summed E-state index contributed by atoms with van der Waals surface area (Å²) < 4.78 is 0. The van der Waals surface area contributed by atoms with Gasteiger partial charge in [0.05, 0.1) is 12.5 Å². The van der Waals surface area contributed by atoms with Crippen molar-refractivity contribution in [2.24, 2.45) is 17.8 Å². The van der Waals surface area contributed by atoms with Gasteiger partial charge in [0.25, 0.3) is 0 Å². The number of fused-ring (bicyclic) bond motifs is 1. The van der Waals surface area contributed by atoms with E-state index in [0.717, 1.165) is 24.7 Å². The predicted molar refractivity (Wildman–Crippen MR) is 75.3 cm³/mol. The third-order valence-electron chi connectivity index (χ3n) is 5.28. The smallest absolute Gasteiger partial charge is 0.225 e. The van der Waals surface area contributed by atoms with Crippen molar-refractivity contribution in [2.75, 3.05) is 7.05 Å².